The molecule has 2 bridgehead atoms. The van der Waals surface area contributed by atoms with Gasteiger partial charge in [0.05, 0.1) is 0 Å². The van der Waals surface area contributed by atoms with Crippen molar-refractivity contribution in [3.63, 3.8) is 0 Å². The fourth-order valence-electron chi connectivity index (χ4n) is 3.28. The first-order valence-corrected chi connectivity index (χ1v) is 4.71. The molecule has 5 atom stereocenters. The van der Waals surface area contributed by atoms with Crippen LogP contribution in [-0.2, 0) is 0 Å². The lowest BCUT2D eigenvalue weighted by atomic mass is 9.75. The lowest BCUT2D eigenvalue weighted by molar-refractivity contribution is 0.0520. The van der Waals surface area contributed by atoms with E-state index in [1.54, 1.807) is 6.92 Å². The Morgan fingerprint density at radius 2 is 1.91 bits per heavy atom. The average Bonchev–Trinajstić information content (AvgIpc) is 2.31. The molecule has 0 aromatic heterocycles. The van der Waals surface area contributed by atoms with Crippen molar-refractivity contribution in [3.8, 4) is 0 Å². The highest BCUT2D eigenvalue weighted by atomic mass is 19.1. The molecule has 0 spiro atoms. The van der Waals surface area contributed by atoms with Crippen LogP contribution in [-0.4, -0.2) is 5.67 Å². The predicted molar refractivity (Wildman–Crippen MR) is 44.1 cm³/mol. The van der Waals surface area contributed by atoms with E-state index in [0.717, 1.165) is 18.8 Å². The topological polar surface area (TPSA) is 0 Å². The minimum Gasteiger partial charge on any atom is -0.244 e. The summed E-state index contributed by atoms with van der Waals surface area (Å²) in [7, 11) is 0. The van der Waals surface area contributed by atoms with Crippen molar-refractivity contribution < 1.29 is 4.39 Å². The van der Waals surface area contributed by atoms with Gasteiger partial charge in [0.2, 0.25) is 0 Å². The summed E-state index contributed by atoms with van der Waals surface area (Å²) < 4.78 is 13.7. The second kappa shape index (κ2) is 1.99. The van der Waals surface area contributed by atoms with Gasteiger partial charge in [-0.3, -0.25) is 0 Å². The normalized spacial score (nSPS) is 62.2. The Kier molecular flexibility index (Phi) is 1.37. The van der Waals surface area contributed by atoms with Gasteiger partial charge in [-0.25, -0.2) is 4.39 Å². The monoisotopic (exact) mass is 156 g/mol. The third-order valence-corrected chi connectivity index (χ3v) is 4.20. The third kappa shape index (κ3) is 0.861. The molecule has 1 heteroatoms. The third-order valence-electron chi connectivity index (χ3n) is 4.20. The molecule has 0 heterocycles. The quantitative estimate of drug-likeness (QED) is 0.505. The fourth-order valence-corrected chi connectivity index (χ4v) is 3.28. The summed E-state index contributed by atoms with van der Waals surface area (Å²) in [5.74, 6) is 2.43. The van der Waals surface area contributed by atoms with Crippen molar-refractivity contribution in [1.29, 1.82) is 0 Å². The van der Waals surface area contributed by atoms with Crippen LogP contribution in [0.4, 0.5) is 4.39 Å². The molecule has 0 aliphatic heterocycles. The molecule has 2 fully saturated rings. The largest absolute Gasteiger partial charge is 0.244 e. The Balaban J connectivity index is 2.23. The van der Waals surface area contributed by atoms with Gasteiger partial charge in [-0.15, -0.1) is 0 Å². The minimum absolute atomic E-state index is 0.363. The molecule has 0 radical (unpaired) electrons. The van der Waals surface area contributed by atoms with E-state index in [-0.39, 0.29) is 0 Å². The number of rotatable bonds is 0. The summed E-state index contributed by atoms with van der Waals surface area (Å²) in [6, 6.07) is 0. The van der Waals surface area contributed by atoms with Crippen LogP contribution < -0.4 is 0 Å². The van der Waals surface area contributed by atoms with Gasteiger partial charge in [-0.2, -0.15) is 0 Å². The summed E-state index contributed by atoms with van der Waals surface area (Å²) in [6.07, 6.45) is 1.97. The summed E-state index contributed by atoms with van der Waals surface area (Å²) in [5.41, 5.74) is -0.837. The number of halogens is 1. The molecule has 0 nitrogen and oxygen atoms in total. The summed E-state index contributed by atoms with van der Waals surface area (Å²) in [6.45, 7) is 6.29. The highest BCUT2D eigenvalue weighted by molar-refractivity contribution is 5.04. The van der Waals surface area contributed by atoms with E-state index in [4.69, 9.17) is 0 Å². The first kappa shape index (κ1) is 7.57. The van der Waals surface area contributed by atoms with Gasteiger partial charge in [0.1, 0.15) is 5.67 Å². The molecular weight excluding hydrogens is 139 g/mol. The number of hydrogen-bond acceptors (Lipinski definition) is 0. The molecule has 0 aromatic carbocycles. The molecule has 2 aliphatic carbocycles. The van der Waals surface area contributed by atoms with Crippen LogP contribution in [0.5, 0.6) is 0 Å². The lowest BCUT2D eigenvalue weighted by Gasteiger charge is -2.34. The summed E-state index contributed by atoms with van der Waals surface area (Å²) in [5, 5.41) is 0. The van der Waals surface area contributed by atoms with Crippen LogP contribution in [0.2, 0.25) is 0 Å². The summed E-state index contributed by atoms with van der Waals surface area (Å²) in [4.78, 5) is 0. The second-order valence-electron chi connectivity index (χ2n) is 4.80. The second-order valence-corrected chi connectivity index (χ2v) is 4.80. The molecule has 2 aliphatic rings. The lowest BCUT2D eigenvalue weighted by Crippen LogP contribution is -2.34. The Labute approximate surface area is 68.2 Å². The standard InChI is InChI=1S/C10H17F/c1-6-7(2)9-4-8(6)5-10(9,3)11/h6-9H,4-5H2,1-3H3. The van der Waals surface area contributed by atoms with Crippen LogP contribution in [0, 0.1) is 23.7 Å². The van der Waals surface area contributed by atoms with E-state index < -0.39 is 5.67 Å². The molecule has 5 unspecified atom stereocenters. The Morgan fingerprint density at radius 3 is 2.27 bits per heavy atom. The highest BCUT2D eigenvalue weighted by Gasteiger charge is 2.55. The van der Waals surface area contributed by atoms with Crippen LogP contribution >= 0.6 is 0 Å². The smallest absolute Gasteiger partial charge is 0.111 e. The Morgan fingerprint density at radius 1 is 1.27 bits per heavy atom. The zero-order valence-electron chi connectivity index (χ0n) is 7.60. The van der Waals surface area contributed by atoms with Crippen molar-refractivity contribution in [3.05, 3.63) is 0 Å². The minimum atomic E-state index is -0.837. The summed E-state index contributed by atoms with van der Waals surface area (Å²) >= 11 is 0. The Hall–Kier alpha value is -0.0700. The molecule has 0 aromatic rings. The van der Waals surface area contributed by atoms with Crippen molar-refractivity contribution in [1.82, 2.24) is 0 Å². The molecular formula is C10H17F. The molecule has 2 saturated carbocycles. The number of fused-ring (bicyclic) bond motifs is 2. The molecule has 0 N–H and O–H groups in total. The maximum atomic E-state index is 13.7. The highest BCUT2D eigenvalue weighted by Crippen LogP contribution is 2.58. The predicted octanol–water partition coefficient (Wildman–Crippen LogP) is 3.03. The van der Waals surface area contributed by atoms with Gasteiger partial charge in [-0.1, -0.05) is 13.8 Å². The van der Waals surface area contributed by atoms with Gasteiger partial charge in [0.25, 0.3) is 0 Å². The van der Waals surface area contributed by atoms with E-state index in [9.17, 15) is 4.39 Å². The van der Waals surface area contributed by atoms with E-state index in [2.05, 4.69) is 13.8 Å². The van der Waals surface area contributed by atoms with Crippen molar-refractivity contribution in [2.45, 2.75) is 39.3 Å². The number of hydrogen-bond donors (Lipinski definition) is 0. The molecule has 0 saturated heterocycles. The Bertz CT molecular complexity index is 172. The van der Waals surface area contributed by atoms with Gasteiger partial charge in [-0.05, 0) is 43.4 Å². The first-order valence-electron chi connectivity index (χ1n) is 4.71. The first-order chi connectivity index (χ1) is 5.02. The van der Waals surface area contributed by atoms with Gasteiger partial charge >= 0.3 is 0 Å². The average molecular weight is 156 g/mol. The zero-order chi connectivity index (χ0) is 8.22. The fraction of sp³-hybridized carbons (Fsp3) is 1.00. The van der Waals surface area contributed by atoms with E-state index in [1.807, 2.05) is 0 Å². The SMILES string of the molecule is CC1C2CC(C1C)C(C)(F)C2. The molecule has 2 rings (SSSR count). The van der Waals surface area contributed by atoms with Crippen LogP contribution in [0.15, 0.2) is 0 Å². The zero-order valence-corrected chi connectivity index (χ0v) is 7.60. The van der Waals surface area contributed by atoms with Crippen molar-refractivity contribution >= 4 is 0 Å². The maximum Gasteiger partial charge on any atom is 0.111 e. The van der Waals surface area contributed by atoms with Crippen LogP contribution in [0.25, 0.3) is 0 Å². The van der Waals surface area contributed by atoms with Gasteiger partial charge in [0, 0.05) is 0 Å². The van der Waals surface area contributed by atoms with E-state index in [1.165, 1.54) is 0 Å². The maximum absolute atomic E-state index is 13.7. The molecule has 64 valence electrons. The van der Waals surface area contributed by atoms with Gasteiger partial charge in [0.15, 0.2) is 0 Å². The number of alkyl halides is 1. The van der Waals surface area contributed by atoms with E-state index in [0.29, 0.717) is 17.8 Å². The van der Waals surface area contributed by atoms with Crippen molar-refractivity contribution in [2.24, 2.45) is 23.7 Å². The van der Waals surface area contributed by atoms with E-state index >= 15 is 0 Å². The molecule has 0 amide bonds. The van der Waals surface area contributed by atoms with Gasteiger partial charge < -0.3 is 0 Å². The van der Waals surface area contributed by atoms with Crippen LogP contribution in [0.1, 0.15) is 33.6 Å². The van der Waals surface area contributed by atoms with Crippen LogP contribution in [0.3, 0.4) is 0 Å². The molecule has 11 heavy (non-hydrogen) atoms. The van der Waals surface area contributed by atoms with Crippen molar-refractivity contribution in [2.75, 3.05) is 0 Å².